The number of benzene rings is 1. The van der Waals surface area contributed by atoms with E-state index in [1.807, 2.05) is 0 Å². The Balaban J connectivity index is 2.99. The lowest BCUT2D eigenvalue weighted by atomic mass is 9.99. The van der Waals surface area contributed by atoms with Crippen molar-refractivity contribution in [1.29, 1.82) is 0 Å². The van der Waals surface area contributed by atoms with Crippen molar-refractivity contribution in [3.05, 3.63) is 29.3 Å². The molecular formula is C13H18BrNO4. The largest absolute Gasteiger partial charge is 0.462 e. The number of aliphatic hydroxyl groups excluding tert-OH is 2. The Hall–Kier alpha value is -1.11. The molecule has 0 aliphatic heterocycles. The van der Waals surface area contributed by atoms with Gasteiger partial charge in [0.1, 0.15) is 6.10 Å². The minimum absolute atomic E-state index is 0.271. The van der Waals surface area contributed by atoms with Gasteiger partial charge in [-0.3, -0.25) is 0 Å². The van der Waals surface area contributed by atoms with E-state index in [2.05, 4.69) is 15.9 Å². The van der Waals surface area contributed by atoms with Crippen molar-refractivity contribution in [3.63, 3.8) is 0 Å². The summed E-state index contributed by atoms with van der Waals surface area (Å²) in [5.74, 6) is -0.481. The van der Waals surface area contributed by atoms with Gasteiger partial charge in [-0.1, -0.05) is 15.9 Å². The lowest BCUT2D eigenvalue weighted by Crippen LogP contribution is -2.20. The number of hydrogen-bond acceptors (Lipinski definition) is 5. The van der Waals surface area contributed by atoms with Crippen molar-refractivity contribution in [1.82, 2.24) is 0 Å². The molecule has 0 radical (unpaired) electrons. The number of aliphatic hydroxyl groups is 2. The number of esters is 1. The molecule has 0 spiro atoms. The van der Waals surface area contributed by atoms with E-state index in [4.69, 9.17) is 10.5 Å². The highest BCUT2D eigenvalue weighted by atomic mass is 79.9. The van der Waals surface area contributed by atoms with Gasteiger partial charge in [0.2, 0.25) is 0 Å². The minimum atomic E-state index is -1.13. The lowest BCUT2D eigenvalue weighted by molar-refractivity contribution is 0.0177. The zero-order valence-corrected chi connectivity index (χ0v) is 12.3. The number of ether oxygens (including phenoxy) is 1. The van der Waals surface area contributed by atoms with Gasteiger partial charge in [0.25, 0.3) is 0 Å². The Morgan fingerprint density at radius 3 is 2.74 bits per heavy atom. The SMILES string of the molecule is CCOC(=O)c1ccc(N)c(C(O)C(O)CCBr)c1. The van der Waals surface area contributed by atoms with Crippen LogP contribution >= 0.6 is 15.9 Å². The number of halogens is 1. The second-order valence-electron chi connectivity index (χ2n) is 4.05. The zero-order chi connectivity index (χ0) is 14.4. The second kappa shape index (κ2) is 7.47. The molecule has 0 amide bonds. The molecule has 0 aliphatic rings. The number of hydrogen-bond donors (Lipinski definition) is 3. The maximum atomic E-state index is 11.6. The third kappa shape index (κ3) is 4.19. The molecule has 2 atom stereocenters. The molecule has 1 aromatic rings. The number of carbonyl (C=O) groups excluding carboxylic acids is 1. The molecule has 0 aliphatic carbocycles. The molecule has 19 heavy (non-hydrogen) atoms. The topological polar surface area (TPSA) is 92.8 Å². The van der Waals surface area contributed by atoms with Crippen molar-refractivity contribution in [2.75, 3.05) is 17.7 Å². The fraction of sp³-hybridized carbons (Fsp3) is 0.462. The summed E-state index contributed by atoms with van der Waals surface area (Å²) in [4.78, 5) is 11.6. The third-order valence-electron chi connectivity index (χ3n) is 2.69. The van der Waals surface area contributed by atoms with Gasteiger partial charge in [0.15, 0.2) is 0 Å². The monoisotopic (exact) mass is 331 g/mol. The molecule has 2 unspecified atom stereocenters. The van der Waals surface area contributed by atoms with Crippen LogP contribution in [0.1, 0.15) is 35.4 Å². The second-order valence-corrected chi connectivity index (χ2v) is 4.85. The molecule has 0 heterocycles. The highest BCUT2D eigenvalue weighted by Gasteiger charge is 2.21. The Morgan fingerprint density at radius 1 is 1.47 bits per heavy atom. The average Bonchev–Trinajstić information content (AvgIpc) is 2.39. The Bertz CT molecular complexity index is 439. The average molecular weight is 332 g/mol. The number of alkyl halides is 1. The van der Waals surface area contributed by atoms with Gasteiger partial charge in [0.05, 0.1) is 18.3 Å². The summed E-state index contributed by atoms with van der Waals surface area (Å²) in [6.45, 7) is 1.98. The first-order valence-electron chi connectivity index (χ1n) is 5.99. The first-order valence-corrected chi connectivity index (χ1v) is 7.12. The highest BCUT2D eigenvalue weighted by Crippen LogP contribution is 2.26. The van der Waals surface area contributed by atoms with Crippen LogP contribution in [0.15, 0.2) is 18.2 Å². The molecule has 5 nitrogen and oxygen atoms in total. The Morgan fingerprint density at radius 2 is 2.16 bits per heavy atom. The van der Waals surface area contributed by atoms with Crippen LogP contribution in [0.4, 0.5) is 5.69 Å². The van der Waals surface area contributed by atoms with Gasteiger partial charge >= 0.3 is 5.97 Å². The molecule has 0 saturated heterocycles. The van der Waals surface area contributed by atoms with Crippen molar-refractivity contribution < 1.29 is 19.7 Å². The zero-order valence-electron chi connectivity index (χ0n) is 10.7. The summed E-state index contributed by atoms with van der Waals surface area (Å²) in [5, 5.41) is 20.4. The van der Waals surface area contributed by atoms with Crippen LogP contribution in [0.25, 0.3) is 0 Å². The van der Waals surface area contributed by atoms with E-state index in [1.165, 1.54) is 18.2 Å². The van der Waals surface area contributed by atoms with E-state index in [9.17, 15) is 15.0 Å². The number of nitrogen functional groups attached to an aromatic ring is 1. The van der Waals surface area contributed by atoms with Gasteiger partial charge in [0, 0.05) is 16.6 Å². The van der Waals surface area contributed by atoms with Crippen LogP contribution in [0.2, 0.25) is 0 Å². The summed E-state index contributed by atoms with van der Waals surface area (Å²) >= 11 is 3.19. The van der Waals surface area contributed by atoms with E-state index in [-0.39, 0.29) is 6.61 Å². The summed E-state index contributed by atoms with van der Waals surface area (Å²) in [7, 11) is 0. The summed E-state index contributed by atoms with van der Waals surface area (Å²) in [5.41, 5.74) is 6.73. The molecule has 106 valence electrons. The fourth-order valence-electron chi connectivity index (χ4n) is 1.65. The molecule has 6 heteroatoms. The highest BCUT2D eigenvalue weighted by molar-refractivity contribution is 9.09. The molecular weight excluding hydrogens is 314 g/mol. The first kappa shape index (κ1) is 15.9. The van der Waals surface area contributed by atoms with Gasteiger partial charge in [-0.2, -0.15) is 0 Å². The number of rotatable bonds is 6. The fourth-order valence-corrected chi connectivity index (χ4v) is 2.12. The van der Waals surface area contributed by atoms with Crippen LogP contribution in [0.5, 0.6) is 0 Å². The first-order chi connectivity index (χ1) is 9.01. The van der Waals surface area contributed by atoms with Crippen molar-refractivity contribution in [2.45, 2.75) is 25.6 Å². The maximum absolute atomic E-state index is 11.6. The van der Waals surface area contributed by atoms with Crippen LogP contribution in [0, 0.1) is 0 Å². The van der Waals surface area contributed by atoms with E-state index in [0.29, 0.717) is 28.6 Å². The molecule has 0 aromatic heterocycles. The molecule has 4 N–H and O–H groups in total. The van der Waals surface area contributed by atoms with Gasteiger partial charge in [-0.15, -0.1) is 0 Å². The summed E-state index contributed by atoms with van der Waals surface area (Å²) in [6, 6.07) is 4.50. The van der Waals surface area contributed by atoms with E-state index >= 15 is 0 Å². The smallest absolute Gasteiger partial charge is 0.338 e. The standard InChI is InChI=1S/C13H18BrNO4/c1-2-19-13(18)8-3-4-10(15)9(7-8)12(17)11(16)5-6-14/h3-4,7,11-12,16-17H,2,5-6,15H2,1H3. The van der Waals surface area contributed by atoms with E-state index in [1.54, 1.807) is 6.92 Å². The van der Waals surface area contributed by atoms with Crippen LogP contribution in [0.3, 0.4) is 0 Å². The summed E-state index contributed by atoms with van der Waals surface area (Å²) < 4.78 is 4.88. The van der Waals surface area contributed by atoms with Gasteiger partial charge in [-0.05, 0) is 31.5 Å². The quantitative estimate of drug-likeness (QED) is 0.418. The van der Waals surface area contributed by atoms with Crippen LogP contribution in [-0.2, 0) is 4.74 Å². The minimum Gasteiger partial charge on any atom is -0.462 e. The number of anilines is 1. The van der Waals surface area contributed by atoms with Gasteiger partial charge in [-0.25, -0.2) is 4.79 Å². The van der Waals surface area contributed by atoms with E-state index in [0.717, 1.165) is 0 Å². The molecule has 1 aromatic carbocycles. The van der Waals surface area contributed by atoms with Crippen molar-refractivity contribution in [2.24, 2.45) is 0 Å². The normalized spacial score (nSPS) is 13.9. The third-order valence-corrected chi connectivity index (χ3v) is 3.14. The van der Waals surface area contributed by atoms with Crippen LogP contribution < -0.4 is 5.73 Å². The maximum Gasteiger partial charge on any atom is 0.338 e. The van der Waals surface area contributed by atoms with Crippen molar-refractivity contribution in [3.8, 4) is 0 Å². The van der Waals surface area contributed by atoms with Crippen LogP contribution in [-0.4, -0.2) is 34.2 Å². The number of nitrogens with two attached hydrogens (primary N) is 1. The number of carbonyl (C=O) groups is 1. The summed E-state index contributed by atoms with van der Waals surface area (Å²) in [6.07, 6.45) is -1.70. The molecule has 0 fully saturated rings. The van der Waals surface area contributed by atoms with E-state index < -0.39 is 18.2 Å². The predicted molar refractivity (Wildman–Crippen MR) is 76.2 cm³/mol. The molecule has 0 bridgehead atoms. The Labute approximate surface area is 120 Å². The lowest BCUT2D eigenvalue weighted by Gasteiger charge is -2.19. The molecule has 1 rings (SSSR count). The predicted octanol–water partition coefficient (Wildman–Crippen LogP) is 1.62. The van der Waals surface area contributed by atoms with Gasteiger partial charge < -0.3 is 20.7 Å². The van der Waals surface area contributed by atoms with Crippen molar-refractivity contribution >= 4 is 27.6 Å². The molecule has 0 saturated carbocycles. The Kier molecular flexibility index (Phi) is 6.27.